The Morgan fingerprint density at radius 3 is 2.61 bits per heavy atom. The summed E-state index contributed by atoms with van der Waals surface area (Å²) < 4.78 is 13.9. The Morgan fingerprint density at radius 2 is 1.90 bits per heavy atom. The van der Waals surface area contributed by atoms with Crippen LogP contribution in [0.25, 0.3) is 10.9 Å². The van der Waals surface area contributed by atoms with Gasteiger partial charge in [0.25, 0.3) is 5.91 Å². The molecular weight excluding hydrogens is 415 g/mol. The van der Waals surface area contributed by atoms with E-state index in [2.05, 4.69) is 18.8 Å². The maximum absolute atomic E-state index is 13.9. The summed E-state index contributed by atoms with van der Waals surface area (Å²) >= 11 is 5.89. The molecule has 0 spiro atoms. The minimum absolute atomic E-state index is 0.0601. The Hall–Kier alpha value is -2.79. The molecule has 1 aliphatic rings. The van der Waals surface area contributed by atoms with Crippen LogP contribution in [-0.4, -0.2) is 34.7 Å². The molecule has 2 heterocycles. The minimum atomic E-state index is -0.452. The van der Waals surface area contributed by atoms with Crippen LogP contribution in [0, 0.1) is 11.2 Å². The number of pyridine rings is 1. The topological polar surface area (TPSA) is 50.3 Å². The predicted molar refractivity (Wildman–Crippen MR) is 120 cm³/mol. The number of piperidine rings is 1. The summed E-state index contributed by atoms with van der Waals surface area (Å²) in [6.45, 7) is 5.12. The van der Waals surface area contributed by atoms with Crippen LogP contribution in [0.3, 0.4) is 0 Å². The molecule has 1 atom stereocenters. The van der Waals surface area contributed by atoms with Gasteiger partial charge < -0.3 is 4.90 Å². The number of aromatic nitrogens is 1. The van der Waals surface area contributed by atoms with Gasteiger partial charge in [-0.1, -0.05) is 37.6 Å². The van der Waals surface area contributed by atoms with E-state index in [9.17, 15) is 14.0 Å². The van der Waals surface area contributed by atoms with Gasteiger partial charge in [-0.05, 0) is 65.3 Å². The number of amides is 1. The van der Waals surface area contributed by atoms with Gasteiger partial charge in [0.1, 0.15) is 5.82 Å². The van der Waals surface area contributed by atoms with E-state index in [0.29, 0.717) is 24.5 Å². The highest BCUT2D eigenvalue weighted by Gasteiger charge is 2.40. The first-order valence-corrected chi connectivity index (χ1v) is 10.7. The number of halogens is 2. The van der Waals surface area contributed by atoms with Crippen molar-refractivity contribution >= 4 is 34.2 Å². The third-order valence-corrected chi connectivity index (χ3v) is 6.40. The lowest BCUT2D eigenvalue weighted by atomic mass is 9.70. The second-order valence-corrected chi connectivity index (χ2v) is 9.28. The Labute approximate surface area is 186 Å². The first kappa shape index (κ1) is 21.4. The van der Waals surface area contributed by atoms with Gasteiger partial charge in [0.2, 0.25) is 5.78 Å². The van der Waals surface area contributed by atoms with Crippen molar-refractivity contribution in [2.75, 3.05) is 13.1 Å². The van der Waals surface area contributed by atoms with E-state index in [1.165, 1.54) is 12.1 Å². The van der Waals surface area contributed by atoms with Gasteiger partial charge in [-0.3, -0.25) is 14.6 Å². The zero-order chi connectivity index (χ0) is 22.2. The molecule has 0 bridgehead atoms. The molecule has 3 aromatic rings. The van der Waals surface area contributed by atoms with Gasteiger partial charge >= 0.3 is 0 Å². The number of carbonyl (C=O) groups excluding carboxylic acids is 2. The van der Waals surface area contributed by atoms with Crippen molar-refractivity contribution in [2.45, 2.75) is 32.6 Å². The number of ketones is 1. The van der Waals surface area contributed by atoms with E-state index < -0.39 is 11.7 Å². The summed E-state index contributed by atoms with van der Waals surface area (Å²) in [6.07, 6.45) is 2.51. The van der Waals surface area contributed by atoms with E-state index in [1.54, 1.807) is 41.4 Å². The number of hydrogen-bond donors (Lipinski definition) is 0. The molecule has 4 rings (SSSR count). The molecule has 0 N–H and O–H groups in total. The molecular formula is C25H24ClFN2O2. The molecule has 0 radical (unpaired) electrons. The molecule has 0 saturated carbocycles. The fraction of sp³-hybridized carbons (Fsp3) is 0.320. The summed E-state index contributed by atoms with van der Waals surface area (Å²) in [4.78, 5) is 31.5. The Balaban J connectivity index is 1.52. The zero-order valence-electron chi connectivity index (χ0n) is 17.6. The third kappa shape index (κ3) is 4.47. The van der Waals surface area contributed by atoms with Crippen LogP contribution < -0.4 is 0 Å². The minimum Gasteiger partial charge on any atom is -0.336 e. The average molecular weight is 439 g/mol. The number of likely N-dealkylation sites (tertiary alicyclic amines) is 1. The summed E-state index contributed by atoms with van der Waals surface area (Å²) in [5.41, 5.74) is 2.28. The summed E-state index contributed by atoms with van der Waals surface area (Å²) in [7, 11) is 0. The highest BCUT2D eigenvalue weighted by atomic mass is 35.5. The van der Waals surface area contributed by atoms with Crippen LogP contribution in [0.4, 0.5) is 4.39 Å². The molecule has 160 valence electrons. The highest BCUT2D eigenvalue weighted by Crippen LogP contribution is 2.44. The predicted octanol–water partition coefficient (Wildman–Crippen LogP) is 5.18. The fourth-order valence-corrected chi connectivity index (χ4v) is 4.72. The van der Waals surface area contributed by atoms with Crippen LogP contribution in [0.1, 0.15) is 37.3 Å². The lowest BCUT2D eigenvalue weighted by Gasteiger charge is -2.44. The van der Waals surface area contributed by atoms with Crippen LogP contribution in [0.5, 0.6) is 0 Å². The molecule has 2 aromatic carbocycles. The molecule has 6 heteroatoms. The molecule has 1 saturated heterocycles. The van der Waals surface area contributed by atoms with Crippen LogP contribution >= 0.6 is 11.6 Å². The van der Waals surface area contributed by atoms with E-state index in [0.717, 1.165) is 22.0 Å². The van der Waals surface area contributed by atoms with E-state index >= 15 is 0 Å². The average Bonchev–Trinajstić information content (AvgIpc) is 2.74. The Morgan fingerprint density at radius 1 is 1.16 bits per heavy atom. The van der Waals surface area contributed by atoms with Crippen molar-refractivity contribution in [3.8, 4) is 0 Å². The normalized spacial score (nSPS) is 18.2. The molecule has 1 amide bonds. The number of Topliss-reactive ketones (excluding diaryl/α,β-unsaturated/α-hetero) is 1. The van der Waals surface area contributed by atoms with Crippen molar-refractivity contribution in [1.82, 2.24) is 9.88 Å². The van der Waals surface area contributed by atoms with Crippen LogP contribution in [0.2, 0.25) is 5.02 Å². The molecule has 31 heavy (non-hydrogen) atoms. The standard InChI is InChI=1S/C25H24ClFN2O2/c1-25(2)15-29(24(31)23(30)13-16-3-5-17(26)6-4-16)12-10-21(25)19-9-11-28-22-8-7-18(27)14-20(19)22/h3-9,11,14,21H,10,12-13,15H2,1-2H3. The van der Waals surface area contributed by atoms with E-state index in [1.807, 2.05) is 6.07 Å². The van der Waals surface area contributed by atoms with E-state index in [4.69, 9.17) is 11.6 Å². The molecule has 0 aliphatic carbocycles. The van der Waals surface area contributed by atoms with Gasteiger partial charge in [0.15, 0.2) is 0 Å². The number of nitrogens with zero attached hydrogens (tertiary/aromatic N) is 2. The van der Waals surface area contributed by atoms with Crippen molar-refractivity contribution in [3.63, 3.8) is 0 Å². The second kappa shape index (κ2) is 8.39. The number of benzene rings is 2. The quantitative estimate of drug-likeness (QED) is 0.527. The monoisotopic (exact) mass is 438 g/mol. The number of fused-ring (bicyclic) bond motifs is 1. The maximum Gasteiger partial charge on any atom is 0.290 e. The van der Waals surface area contributed by atoms with Crippen molar-refractivity contribution < 1.29 is 14.0 Å². The van der Waals surface area contributed by atoms with Gasteiger partial charge in [-0.2, -0.15) is 0 Å². The van der Waals surface area contributed by atoms with Gasteiger partial charge in [0, 0.05) is 36.1 Å². The largest absolute Gasteiger partial charge is 0.336 e. The summed E-state index contributed by atoms with van der Waals surface area (Å²) in [5, 5.41) is 1.40. The number of rotatable bonds is 4. The van der Waals surface area contributed by atoms with Crippen molar-refractivity contribution in [1.29, 1.82) is 0 Å². The molecule has 4 nitrogen and oxygen atoms in total. The highest BCUT2D eigenvalue weighted by molar-refractivity contribution is 6.36. The van der Waals surface area contributed by atoms with E-state index in [-0.39, 0.29) is 23.6 Å². The first-order chi connectivity index (χ1) is 14.7. The van der Waals surface area contributed by atoms with Gasteiger partial charge in [-0.25, -0.2) is 4.39 Å². The molecule has 1 aromatic heterocycles. The van der Waals surface area contributed by atoms with Crippen molar-refractivity contribution in [2.24, 2.45) is 5.41 Å². The first-order valence-electron chi connectivity index (χ1n) is 10.4. The smallest absolute Gasteiger partial charge is 0.290 e. The zero-order valence-corrected chi connectivity index (χ0v) is 18.3. The lowest BCUT2D eigenvalue weighted by molar-refractivity contribution is -0.146. The third-order valence-electron chi connectivity index (χ3n) is 6.15. The number of hydrogen-bond acceptors (Lipinski definition) is 3. The molecule has 1 fully saturated rings. The Bertz CT molecular complexity index is 1140. The fourth-order valence-electron chi connectivity index (χ4n) is 4.59. The van der Waals surface area contributed by atoms with Gasteiger partial charge in [-0.15, -0.1) is 0 Å². The molecule has 1 unspecified atom stereocenters. The SMILES string of the molecule is CC1(C)CN(C(=O)C(=O)Cc2ccc(Cl)cc2)CCC1c1ccnc2ccc(F)cc12. The Kier molecular flexibility index (Phi) is 5.80. The lowest BCUT2D eigenvalue weighted by Crippen LogP contribution is -2.49. The van der Waals surface area contributed by atoms with Crippen LogP contribution in [-0.2, 0) is 16.0 Å². The van der Waals surface area contributed by atoms with Crippen molar-refractivity contribution in [3.05, 3.63) is 76.7 Å². The maximum atomic E-state index is 13.9. The molecule has 1 aliphatic heterocycles. The summed E-state index contributed by atoms with van der Waals surface area (Å²) in [6, 6.07) is 13.5. The van der Waals surface area contributed by atoms with Crippen LogP contribution in [0.15, 0.2) is 54.7 Å². The number of carbonyl (C=O) groups is 2. The summed E-state index contributed by atoms with van der Waals surface area (Å²) in [5.74, 6) is -1.05. The van der Waals surface area contributed by atoms with Gasteiger partial charge in [0.05, 0.1) is 5.52 Å². The second-order valence-electron chi connectivity index (χ2n) is 8.84.